The number of aliphatic hydroxyl groups is 2. The Hall–Kier alpha value is -2.61. The van der Waals surface area contributed by atoms with E-state index in [4.69, 9.17) is 14.5 Å². The van der Waals surface area contributed by atoms with Crippen LogP contribution in [0.4, 0.5) is 0 Å². The average Bonchev–Trinajstić information content (AvgIpc) is 3.83. The third-order valence-corrected chi connectivity index (χ3v) is 10.5. The third-order valence-electron chi connectivity index (χ3n) is 10.5. The van der Waals surface area contributed by atoms with Crippen LogP contribution in [0.25, 0.3) is 0 Å². The molecule has 4 N–H and O–H groups in total. The molecule has 0 radical (unpaired) electrons. The zero-order chi connectivity index (χ0) is 31.6. The monoisotopic (exact) mass is 620 g/mol. The Morgan fingerprint density at radius 1 is 1.13 bits per heavy atom. The first-order valence-corrected chi connectivity index (χ1v) is 17.7. The molecule has 2 heterocycles. The minimum atomic E-state index is -0.353. The largest absolute Gasteiger partial charge is 0.592 e. The van der Waals surface area contributed by atoms with Crippen molar-refractivity contribution in [3.8, 4) is 11.5 Å². The summed E-state index contributed by atoms with van der Waals surface area (Å²) in [4.78, 5) is 5.05. The number of allylic oxidation sites excluding steroid dienone is 2. The van der Waals surface area contributed by atoms with Crippen LogP contribution in [0.1, 0.15) is 103 Å². The number of nitrogens with one attached hydrogen (secondary N) is 1. The highest BCUT2D eigenvalue weighted by Gasteiger charge is 2.47. The van der Waals surface area contributed by atoms with Crippen LogP contribution in [0, 0.1) is 29.1 Å². The molecule has 3 atom stereocenters. The van der Waals surface area contributed by atoms with E-state index in [-0.39, 0.29) is 30.0 Å². The maximum Gasteiger partial charge on any atom is 0.184 e. The molecule has 3 unspecified atom stereocenters. The maximum absolute atomic E-state index is 10.8. The highest BCUT2D eigenvalue weighted by molar-refractivity contribution is 5.83. The lowest BCUT2D eigenvalue weighted by molar-refractivity contribution is 0.123. The molecule has 2 fully saturated rings. The molecule has 0 aromatic heterocycles. The van der Waals surface area contributed by atoms with Crippen LogP contribution in [-0.2, 0) is 11.2 Å². The molecule has 7 heteroatoms. The predicted molar refractivity (Wildman–Crippen MR) is 180 cm³/mol. The fourth-order valence-electron chi connectivity index (χ4n) is 7.75. The number of ether oxygens (including phenoxy) is 2. The molecule has 2 aliphatic heterocycles. The molecular weight excluding hydrogens is 564 g/mol. The molecule has 0 saturated heterocycles. The maximum atomic E-state index is 10.8. The van der Waals surface area contributed by atoms with E-state index >= 15 is 0 Å². The van der Waals surface area contributed by atoms with E-state index in [0.717, 1.165) is 87.3 Å². The van der Waals surface area contributed by atoms with Crippen molar-refractivity contribution in [3.05, 3.63) is 59.2 Å². The Morgan fingerprint density at radius 3 is 2.67 bits per heavy atom. The van der Waals surface area contributed by atoms with E-state index in [2.05, 4.69) is 24.5 Å². The number of aliphatic imine (C=N–C) groups is 1. The molecule has 4 aliphatic rings. The van der Waals surface area contributed by atoms with Crippen molar-refractivity contribution in [2.75, 3.05) is 26.3 Å². The Morgan fingerprint density at radius 2 is 1.93 bits per heavy atom. The minimum absolute atomic E-state index is 0.00500. The second-order valence-electron chi connectivity index (χ2n) is 14.0. The van der Waals surface area contributed by atoms with Gasteiger partial charge in [-0.05, 0) is 69.1 Å². The number of aryl methyl sites for hydroxylation is 1. The quantitative estimate of drug-likeness (QED) is 0.140. The van der Waals surface area contributed by atoms with Gasteiger partial charge in [-0.3, -0.25) is 0 Å². The summed E-state index contributed by atoms with van der Waals surface area (Å²) in [5, 5.41) is 33.9. The van der Waals surface area contributed by atoms with Gasteiger partial charge < -0.3 is 30.1 Å². The number of phenols is 1. The lowest BCUT2D eigenvalue weighted by Gasteiger charge is -2.32. The Bertz CT molecular complexity index is 1160. The van der Waals surface area contributed by atoms with Crippen molar-refractivity contribution in [2.45, 2.75) is 116 Å². The van der Waals surface area contributed by atoms with Gasteiger partial charge in [-0.15, -0.1) is 4.99 Å². The lowest BCUT2D eigenvalue weighted by atomic mass is 9.71. The summed E-state index contributed by atoms with van der Waals surface area (Å²) in [6, 6.07) is 5.67. The predicted octanol–water partition coefficient (Wildman–Crippen LogP) is 7.01. The van der Waals surface area contributed by atoms with Crippen molar-refractivity contribution in [2.24, 2.45) is 22.2 Å². The standard InChI is InChI=1S/C38H56N2O5/c1-3-4-12-35-31(25-41)20-32(45-35)15-13-28-14-16-34(43)36(19-28)44-26-38(17-8-5-9-18-38)37-21-30(23-40-37)33(24-39-22-27(2)42)29-10-6-7-11-29/h14,16,19-21,23,27,29,33,35,39,41-43H,3-13,15,17-18,22,24-26H2,1-2H3. The topological polar surface area (TPSA) is 104 Å². The first-order valence-electron chi connectivity index (χ1n) is 17.7. The second-order valence-corrected chi connectivity index (χ2v) is 14.0. The molecule has 0 spiro atoms. The average molecular weight is 621 g/mol. The number of benzene rings is 1. The van der Waals surface area contributed by atoms with Crippen molar-refractivity contribution in [1.29, 1.82) is 0 Å². The second kappa shape index (κ2) is 16.3. The zero-order valence-electron chi connectivity index (χ0n) is 27.6. The number of aromatic hydroxyl groups is 1. The van der Waals surface area contributed by atoms with Gasteiger partial charge in [0.15, 0.2) is 17.2 Å². The Labute approximate surface area is 271 Å². The van der Waals surface area contributed by atoms with E-state index < -0.39 is 0 Å². The Kier molecular flexibility index (Phi) is 12.2. The summed E-state index contributed by atoms with van der Waals surface area (Å²) in [7, 11) is 0. The smallest absolute Gasteiger partial charge is 0.184 e. The summed E-state index contributed by atoms with van der Waals surface area (Å²) < 4.78 is 12.7. The van der Waals surface area contributed by atoms with Crippen LogP contribution in [0.15, 0.2) is 46.8 Å². The van der Waals surface area contributed by atoms with Gasteiger partial charge in [0.05, 0.1) is 12.0 Å². The van der Waals surface area contributed by atoms with Gasteiger partial charge in [0.2, 0.25) is 0 Å². The Balaban J connectivity index is 1.24. The number of hydrogen-bond acceptors (Lipinski definition) is 7. The first-order chi connectivity index (χ1) is 21.9. The number of unbranched alkanes of at least 4 members (excludes halogenated alkanes) is 1. The molecule has 7 nitrogen and oxygen atoms in total. The minimum Gasteiger partial charge on any atom is -0.592 e. The summed E-state index contributed by atoms with van der Waals surface area (Å²) in [6.45, 7) is 6.01. The first kappa shape index (κ1) is 33.7. The summed E-state index contributed by atoms with van der Waals surface area (Å²) in [6.07, 6.45) is 21.5. The molecule has 0 bridgehead atoms. The van der Waals surface area contributed by atoms with E-state index in [0.29, 0.717) is 30.7 Å². The molecule has 5 rings (SSSR count). The van der Waals surface area contributed by atoms with Crippen LogP contribution in [0.3, 0.4) is 0 Å². The molecule has 2 aliphatic carbocycles. The fourth-order valence-corrected chi connectivity index (χ4v) is 7.75. The summed E-state index contributed by atoms with van der Waals surface area (Å²) in [5.41, 5.74) is 2.05. The van der Waals surface area contributed by atoms with E-state index in [1.54, 1.807) is 6.07 Å². The van der Waals surface area contributed by atoms with E-state index in [9.17, 15) is 15.3 Å². The number of phenolic OH excluding ortho intramolecular Hbond substituents is 1. The van der Waals surface area contributed by atoms with Crippen molar-refractivity contribution in [1.82, 2.24) is 5.32 Å². The molecular formula is C38H56N2O5. The molecule has 2 saturated carbocycles. The molecule has 1 aromatic rings. The van der Waals surface area contributed by atoms with Gasteiger partial charge in [-0.25, -0.2) is 0 Å². The summed E-state index contributed by atoms with van der Waals surface area (Å²) >= 11 is 0. The van der Waals surface area contributed by atoms with Gasteiger partial charge in [0, 0.05) is 25.8 Å². The number of rotatable bonds is 17. The van der Waals surface area contributed by atoms with Crippen LogP contribution in [0.2, 0.25) is 0 Å². The molecule has 0 amide bonds. The number of hydrogen-bond donors (Lipinski definition) is 4. The normalized spacial score (nSPS) is 22.8. The van der Waals surface area contributed by atoms with Crippen LogP contribution >= 0.6 is 0 Å². The van der Waals surface area contributed by atoms with Crippen LogP contribution in [-0.4, -0.2) is 60.0 Å². The van der Waals surface area contributed by atoms with Gasteiger partial charge in [0.1, 0.15) is 30.2 Å². The van der Waals surface area contributed by atoms with Gasteiger partial charge in [-0.2, -0.15) is 12.0 Å². The highest BCUT2D eigenvalue weighted by atomic mass is 16.5. The van der Waals surface area contributed by atoms with E-state index in [1.807, 2.05) is 25.1 Å². The summed E-state index contributed by atoms with van der Waals surface area (Å²) in [5.74, 6) is 4.96. The van der Waals surface area contributed by atoms with Gasteiger partial charge in [-0.1, -0.05) is 70.1 Å². The lowest BCUT2D eigenvalue weighted by Crippen LogP contribution is -2.35. The van der Waals surface area contributed by atoms with Crippen molar-refractivity contribution >= 4 is 6.21 Å². The highest BCUT2D eigenvalue weighted by Crippen LogP contribution is 2.48. The van der Waals surface area contributed by atoms with Gasteiger partial charge >= 0.3 is 0 Å². The molecule has 1 aromatic carbocycles. The van der Waals surface area contributed by atoms with Crippen LogP contribution < -0.4 is 10.1 Å². The SMILES string of the molecule is CCCCC1OC(CCc2ccc(O)c(OCC3(C4=C[C+](C(CNCC(C)O)C5CCCC5)C=N4)CCCCC3)c2)=C[C-]1CO. The third kappa shape index (κ3) is 8.81. The van der Waals surface area contributed by atoms with Crippen molar-refractivity contribution in [3.63, 3.8) is 0 Å². The zero-order valence-corrected chi connectivity index (χ0v) is 27.6. The fraction of sp³-hybridized carbons (Fsp3) is 0.658. The van der Waals surface area contributed by atoms with Crippen molar-refractivity contribution < 1.29 is 24.8 Å². The van der Waals surface area contributed by atoms with E-state index in [1.165, 1.54) is 38.0 Å². The molecule has 45 heavy (non-hydrogen) atoms. The van der Waals surface area contributed by atoms with Crippen LogP contribution in [0.5, 0.6) is 11.5 Å². The molecule has 248 valence electrons. The number of aliphatic hydroxyl groups excluding tert-OH is 2. The number of nitrogens with zero attached hydrogens (tertiary/aromatic N) is 1. The van der Waals surface area contributed by atoms with Gasteiger partial charge in [0.25, 0.3) is 0 Å².